The minimum atomic E-state index is -1.50. The number of aryl methyl sites for hydroxylation is 3. The van der Waals surface area contributed by atoms with Crippen LogP contribution in [-0.4, -0.2) is 28.1 Å². The first kappa shape index (κ1) is 93.4. The Labute approximate surface area is 631 Å². The van der Waals surface area contributed by atoms with Gasteiger partial charge in [-0.1, -0.05) is 390 Å². The molecule has 564 valence electrons. The number of carboxylic acid groups (broad SMARTS) is 1. The largest absolute Gasteiger partial charge is 2.00 e. The SMILES string of the molecule is CCCCCCCCCC#CC(C=Nc1ccccc1CCCC#CCCCCCCCCCCCCCCCCCCCCCCCCC)=Nc1ccccc1CCCC#CCCCCCCCCCCCCCCCCCCCCCCCCC.Cc1ccc(O)c(O)c1C(=O)[O-].[Pd+2]. The van der Waals surface area contributed by atoms with Crippen LogP contribution in [0, 0.1) is 42.4 Å². The first-order valence-electron chi connectivity index (χ1n) is 42.2. The van der Waals surface area contributed by atoms with Crippen LogP contribution in [0.5, 0.6) is 11.5 Å². The number of benzene rings is 3. The van der Waals surface area contributed by atoms with Crippen LogP contribution in [0.1, 0.15) is 433 Å². The van der Waals surface area contributed by atoms with Crippen LogP contribution in [-0.2, 0) is 33.3 Å². The summed E-state index contributed by atoms with van der Waals surface area (Å²) in [6, 6.07) is 19.8. The number of aromatic hydroxyl groups is 2. The fourth-order valence-electron chi connectivity index (χ4n) is 13.4. The third-order valence-electron chi connectivity index (χ3n) is 19.8. The van der Waals surface area contributed by atoms with E-state index in [4.69, 9.17) is 20.2 Å². The molecule has 0 unspecified atom stereocenters. The minimum Gasteiger partial charge on any atom is -0.545 e. The molecule has 3 aromatic carbocycles. The summed E-state index contributed by atoms with van der Waals surface area (Å²) in [7, 11) is 0. The molecule has 0 heterocycles. The van der Waals surface area contributed by atoms with E-state index < -0.39 is 17.5 Å². The van der Waals surface area contributed by atoms with E-state index in [0.29, 0.717) is 5.56 Å². The number of unbranched alkanes of at least 4 members (excludes halogenated alkanes) is 55. The molecule has 0 saturated heterocycles. The summed E-state index contributed by atoms with van der Waals surface area (Å²) in [6.07, 6.45) is 85.7. The molecule has 0 radical (unpaired) electrons. The first-order chi connectivity index (χ1) is 48.8. The third kappa shape index (κ3) is 56.9. The number of hydrogen-bond donors (Lipinski definition) is 2. The maximum atomic E-state index is 10.4. The van der Waals surface area contributed by atoms with Crippen molar-refractivity contribution in [1.29, 1.82) is 0 Å². The number of nitrogens with zero attached hydrogens (tertiary/aromatic N) is 2. The van der Waals surface area contributed by atoms with Crippen LogP contribution in [0.4, 0.5) is 11.4 Å². The first-order valence-corrected chi connectivity index (χ1v) is 42.2. The molecule has 0 aliphatic carbocycles. The average Bonchev–Trinajstić information content (AvgIpc) is 0.843. The second kappa shape index (κ2) is 72.8. The van der Waals surface area contributed by atoms with E-state index in [0.717, 1.165) is 81.3 Å². The molecule has 2 N–H and O–H groups in total. The molecule has 0 fully saturated rings. The van der Waals surface area contributed by atoms with Gasteiger partial charge in [-0.3, -0.25) is 4.99 Å². The number of phenols is 2. The van der Waals surface area contributed by atoms with Gasteiger partial charge in [0.15, 0.2) is 11.5 Å². The van der Waals surface area contributed by atoms with Crippen molar-refractivity contribution >= 4 is 29.3 Å². The summed E-state index contributed by atoms with van der Waals surface area (Å²) in [5, 5.41) is 28.4. The maximum absolute atomic E-state index is 10.4. The molecule has 7 heteroatoms. The molecule has 0 aliphatic rings. The predicted octanol–water partition coefficient (Wildman–Crippen LogP) is 28.5. The summed E-state index contributed by atoms with van der Waals surface area (Å²) >= 11 is 0. The number of aromatic carboxylic acids is 1. The van der Waals surface area contributed by atoms with E-state index in [2.05, 4.69) is 105 Å². The molecule has 0 saturated carbocycles. The minimum absolute atomic E-state index is 0. The quantitative estimate of drug-likeness (QED) is 0.0193. The summed E-state index contributed by atoms with van der Waals surface area (Å²) in [6.45, 7) is 8.41. The fraction of sp³-hybridized carbons (Fsp3) is 0.710. The van der Waals surface area contributed by atoms with Crippen molar-refractivity contribution in [3.05, 3.63) is 82.9 Å². The van der Waals surface area contributed by atoms with Gasteiger partial charge in [0, 0.05) is 37.7 Å². The predicted molar refractivity (Wildman–Crippen MR) is 432 cm³/mol. The molecule has 6 nitrogen and oxygen atoms in total. The van der Waals surface area contributed by atoms with Crippen LogP contribution in [0.3, 0.4) is 0 Å². The van der Waals surface area contributed by atoms with Crippen LogP contribution >= 0.6 is 0 Å². The van der Waals surface area contributed by atoms with Crippen molar-refractivity contribution in [3.63, 3.8) is 0 Å². The van der Waals surface area contributed by atoms with Gasteiger partial charge in [-0.15, -0.1) is 23.7 Å². The van der Waals surface area contributed by atoms with E-state index in [9.17, 15) is 9.90 Å². The van der Waals surface area contributed by atoms with Crippen molar-refractivity contribution in [2.45, 2.75) is 426 Å². The number of phenolic OH excluding ortho intramolecular Hbond substituents is 1. The Morgan fingerprint density at radius 2 is 0.630 bits per heavy atom. The second-order valence-electron chi connectivity index (χ2n) is 29.1. The van der Waals surface area contributed by atoms with Gasteiger partial charge in [-0.05, 0) is 92.7 Å². The summed E-state index contributed by atoms with van der Waals surface area (Å²) < 4.78 is 0. The Morgan fingerprint density at radius 3 is 0.940 bits per heavy atom. The van der Waals surface area contributed by atoms with E-state index in [1.807, 2.05) is 6.21 Å². The van der Waals surface area contributed by atoms with Crippen LogP contribution in [0.25, 0.3) is 0 Å². The molecule has 3 rings (SSSR count). The molecule has 100 heavy (non-hydrogen) atoms. The van der Waals surface area contributed by atoms with Gasteiger partial charge in [0.1, 0.15) is 5.71 Å². The van der Waals surface area contributed by atoms with Gasteiger partial charge < -0.3 is 20.1 Å². The van der Waals surface area contributed by atoms with E-state index in [1.165, 1.54) is 364 Å². The number of carboxylic acids is 1. The molecule has 0 aliphatic heterocycles. The monoisotopic (exact) mass is 1460 g/mol. The summed E-state index contributed by atoms with van der Waals surface area (Å²) in [5.41, 5.74) is 5.28. The number of rotatable bonds is 63. The van der Waals surface area contributed by atoms with Crippen LogP contribution < -0.4 is 5.11 Å². The van der Waals surface area contributed by atoms with Gasteiger partial charge in [0.25, 0.3) is 0 Å². The van der Waals surface area contributed by atoms with Gasteiger partial charge in [-0.25, -0.2) is 4.99 Å². The molecule has 3 aromatic rings. The van der Waals surface area contributed by atoms with Crippen LogP contribution in [0.15, 0.2) is 70.6 Å². The van der Waals surface area contributed by atoms with Crippen molar-refractivity contribution < 1.29 is 40.5 Å². The average molecular weight is 1470 g/mol. The molecular formula is C93H149N2O4Pd+. The Morgan fingerprint density at radius 1 is 0.360 bits per heavy atom. The molecule has 0 bridgehead atoms. The molecular weight excluding hydrogens is 1320 g/mol. The molecule has 0 atom stereocenters. The zero-order valence-corrected chi connectivity index (χ0v) is 66.7. The number of hydrogen-bond acceptors (Lipinski definition) is 6. The number of aliphatic imine (C=N–C) groups is 2. The Hall–Kier alpha value is -4.59. The Bertz CT molecular complexity index is 2620. The molecule has 0 amide bonds. The smallest absolute Gasteiger partial charge is 0.545 e. The molecule has 0 aromatic heterocycles. The molecule has 0 spiro atoms. The van der Waals surface area contributed by atoms with E-state index >= 15 is 0 Å². The van der Waals surface area contributed by atoms with Crippen LogP contribution in [0.2, 0.25) is 0 Å². The fourth-order valence-corrected chi connectivity index (χ4v) is 13.4. The van der Waals surface area contributed by atoms with Gasteiger partial charge in [-0.2, -0.15) is 0 Å². The second-order valence-corrected chi connectivity index (χ2v) is 29.1. The summed E-state index contributed by atoms with van der Waals surface area (Å²) in [4.78, 5) is 20.7. The zero-order valence-electron chi connectivity index (χ0n) is 65.1. The third-order valence-corrected chi connectivity index (χ3v) is 19.8. The van der Waals surface area contributed by atoms with E-state index in [-0.39, 0.29) is 26.0 Å². The van der Waals surface area contributed by atoms with Gasteiger partial charge >= 0.3 is 20.4 Å². The zero-order chi connectivity index (χ0) is 71.0. The standard InChI is InChI=1S/C85H142N2.C8H8O4.Pd/c1-4-7-10-13-16-19-21-23-25-27-29-31-33-35-37-39-41-43-45-47-49-51-53-55-58-60-63-66-73-81-75-69-71-78-84(81)86-80-83(77-68-65-62-57-18-15-12-9-6-3)87-85-79-72-70-76-82(85)74-67-64-61-59-56-54-52-50-48-46-44-42-40-38-36-34-32-30-28-26-24-22-20-17-14-11-8-5-2;1-4-2-3-5(9)7(10)6(4)8(11)12;/h69-72,75-76,78-80H,4-57,62-67,73-74H2,1-3H3;2-3,9-10H,1H3,(H,11,12);/q;;+2/p-1. The topological polar surface area (TPSA) is 105 Å². The maximum Gasteiger partial charge on any atom is 2.00 e. The Balaban J connectivity index is 0.00000345. The van der Waals surface area contributed by atoms with Crippen molar-refractivity contribution in [1.82, 2.24) is 0 Å². The van der Waals surface area contributed by atoms with Gasteiger partial charge in [0.05, 0.1) is 23.6 Å². The van der Waals surface area contributed by atoms with Crippen molar-refractivity contribution in [3.8, 4) is 47.0 Å². The number of para-hydroxylation sites is 2. The van der Waals surface area contributed by atoms with E-state index in [1.54, 1.807) is 0 Å². The van der Waals surface area contributed by atoms with Crippen molar-refractivity contribution in [2.24, 2.45) is 9.98 Å². The van der Waals surface area contributed by atoms with Crippen molar-refractivity contribution in [2.75, 3.05) is 0 Å². The number of carbonyl (C=O) groups excluding carboxylic acids is 1. The van der Waals surface area contributed by atoms with Gasteiger partial charge in [0.2, 0.25) is 0 Å². The Kier molecular flexibility index (Phi) is 68.0. The number of carbonyl (C=O) groups is 1. The summed E-state index contributed by atoms with van der Waals surface area (Å²) in [5.74, 6) is 18.3. The normalized spacial score (nSPS) is 11.1.